The summed E-state index contributed by atoms with van der Waals surface area (Å²) < 4.78 is 18.0. The molecule has 0 aromatic heterocycles. The maximum absolute atomic E-state index is 13.3. The standard InChI is InChI=1S/C10H17FO2/c1-6(2)5-10(9(12)13-4)7(3)8(10)11/h6-8H,5H2,1-4H3/t7?,8-,10?/m1/s1. The fourth-order valence-corrected chi connectivity index (χ4v) is 2.12. The molecule has 0 saturated heterocycles. The Morgan fingerprint density at radius 3 is 2.31 bits per heavy atom. The zero-order chi connectivity index (χ0) is 10.2. The molecule has 1 saturated carbocycles. The molecule has 2 unspecified atom stereocenters. The molecule has 0 aromatic rings. The van der Waals surface area contributed by atoms with E-state index >= 15 is 0 Å². The van der Waals surface area contributed by atoms with Gasteiger partial charge in [0.05, 0.1) is 7.11 Å². The molecule has 1 aliphatic carbocycles. The zero-order valence-corrected chi connectivity index (χ0v) is 8.63. The molecular weight excluding hydrogens is 171 g/mol. The van der Waals surface area contributed by atoms with E-state index in [2.05, 4.69) is 4.74 Å². The summed E-state index contributed by atoms with van der Waals surface area (Å²) in [4.78, 5) is 11.4. The quantitative estimate of drug-likeness (QED) is 0.634. The first-order valence-corrected chi connectivity index (χ1v) is 4.69. The van der Waals surface area contributed by atoms with Gasteiger partial charge in [0.25, 0.3) is 0 Å². The van der Waals surface area contributed by atoms with Crippen molar-refractivity contribution in [1.82, 2.24) is 0 Å². The highest BCUT2D eigenvalue weighted by Gasteiger charge is 2.69. The van der Waals surface area contributed by atoms with E-state index in [-0.39, 0.29) is 11.9 Å². The minimum atomic E-state index is -1.01. The number of methoxy groups -OCH3 is 1. The van der Waals surface area contributed by atoms with Gasteiger partial charge in [0.2, 0.25) is 0 Å². The molecule has 0 heterocycles. The van der Waals surface area contributed by atoms with Gasteiger partial charge in [-0.15, -0.1) is 0 Å². The van der Waals surface area contributed by atoms with Crippen LogP contribution in [0.25, 0.3) is 0 Å². The van der Waals surface area contributed by atoms with Crippen molar-refractivity contribution in [2.75, 3.05) is 7.11 Å². The van der Waals surface area contributed by atoms with Crippen molar-refractivity contribution < 1.29 is 13.9 Å². The van der Waals surface area contributed by atoms with Gasteiger partial charge in [0.1, 0.15) is 11.6 Å². The number of carbonyl (C=O) groups is 1. The van der Waals surface area contributed by atoms with Gasteiger partial charge in [0, 0.05) is 5.92 Å². The summed E-state index contributed by atoms with van der Waals surface area (Å²) in [6, 6.07) is 0. The molecule has 0 amide bonds. The summed E-state index contributed by atoms with van der Waals surface area (Å²) in [5.41, 5.74) is -0.830. The van der Waals surface area contributed by atoms with E-state index < -0.39 is 11.6 Å². The van der Waals surface area contributed by atoms with Crippen LogP contribution in [0.2, 0.25) is 0 Å². The normalized spacial score (nSPS) is 37.7. The highest BCUT2D eigenvalue weighted by atomic mass is 19.1. The van der Waals surface area contributed by atoms with Crippen LogP contribution in [-0.2, 0) is 9.53 Å². The molecule has 0 radical (unpaired) electrons. The van der Waals surface area contributed by atoms with Crippen molar-refractivity contribution >= 4 is 5.97 Å². The van der Waals surface area contributed by atoms with Crippen LogP contribution >= 0.6 is 0 Å². The van der Waals surface area contributed by atoms with Crippen LogP contribution in [-0.4, -0.2) is 19.3 Å². The molecule has 0 bridgehead atoms. The van der Waals surface area contributed by atoms with Gasteiger partial charge in [-0.25, -0.2) is 4.39 Å². The van der Waals surface area contributed by atoms with E-state index in [1.54, 1.807) is 6.92 Å². The lowest BCUT2D eigenvalue weighted by atomic mass is 9.92. The molecule has 1 fully saturated rings. The second-order valence-corrected chi connectivity index (χ2v) is 4.32. The summed E-state index contributed by atoms with van der Waals surface area (Å²) in [5, 5.41) is 0. The molecule has 3 heteroatoms. The highest BCUT2D eigenvalue weighted by molar-refractivity contribution is 5.82. The van der Waals surface area contributed by atoms with E-state index in [9.17, 15) is 9.18 Å². The summed E-state index contributed by atoms with van der Waals surface area (Å²) in [6.45, 7) is 5.74. The third kappa shape index (κ3) is 1.45. The van der Waals surface area contributed by atoms with Crippen LogP contribution in [0.4, 0.5) is 4.39 Å². The minimum Gasteiger partial charge on any atom is -0.468 e. The van der Waals surface area contributed by atoms with Crippen molar-refractivity contribution in [3.8, 4) is 0 Å². The van der Waals surface area contributed by atoms with Crippen molar-refractivity contribution in [3.05, 3.63) is 0 Å². The minimum absolute atomic E-state index is 0.178. The molecule has 0 aromatic carbocycles. The predicted molar refractivity (Wildman–Crippen MR) is 48.0 cm³/mol. The molecule has 1 aliphatic rings. The molecular formula is C10H17FO2. The maximum atomic E-state index is 13.3. The molecule has 3 atom stereocenters. The molecule has 1 rings (SSSR count). The number of ether oxygens (including phenoxy) is 1. The first-order valence-electron chi connectivity index (χ1n) is 4.69. The maximum Gasteiger partial charge on any atom is 0.315 e. The zero-order valence-electron chi connectivity index (χ0n) is 8.63. The van der Waals surface area contributed by atoms with Gasteiger partial charge < -0.3 is 4.74 Å². The second-order valence-electron chi connectivity index (χ2n) is 4.32. The predicted octanol–water partition coefficient (Wildman–Crippen LogP) is 2.18. The van der Waals surface area contributed by atoms with Gasteiger partial charge in [-0.2, -0.15) is 0 Å². The largest absolute Gasteiger partial charge is 0.468 e. The van der Waals surface area contributed by atoms with E-state index in [1.165, 1.54) is 7.11 Å². The summed E-state index contributed by atoms with van der Waals surface area (Å²) in [6.07, 6.45) is -0.426. The van der Waals surface area contributed by atoms with Gasteiger partial charge in [-0.1, -0.05) is 20.8 Å². The molecule has 2 nitrogen and oxygen atoms in total. The van der Waals surface area contributed by atoms with Crippen LogP contribution in [0, 0.1) is 17.3 Å². The third-order valence-electron chi connectivity index (χ3n) is 2.95. The average Bonchev–Trinajstić information content (AvgIpc) is 2.56. The molecule has 0 aliphatic heterocycles. The van der Waals surface area contributed by atoms with Crippen molar-refractivity contribution in [3.63, 3.8) is 0 Å². The fraction of sp³-hybridized carbons (Fsp3) is 0.900. The second kappa shape index (κ2) is 3.28. The smallest absolute Gasteiger partial charge is 0.315 e. The highest BCUT2D eigenvalue weighted by Crippen LogP contribution is 2.59. The lowest BCUT2D eigenvalue weighted by Crippen LogP contribution is -2.23. The van der Waals surface area contributed by atoms with Crippen LogP contribution in [0.15, 0.2) is 0 Å². The Morgan fingerprint density at radius 1 is 1.62 bits per heavy atom. The number of hydrogen-bond acceptors (Lipinski definition) is 2. The van der Waals surface area contributed by atoms with E-state index in [4.69, 9.17) is 0 Å². The van der Waals surface area contributed by atoms with Crippen molar-refractivity contribution in [2.45, 2.75) is 33.4 Å². The van der Waals surface area contributed by atoms with E-state index in [0.29, 0.717) is 12.3 Å². The SMILES string of the molecule is COC(=O)C1(CC(C)C)C(C)[C@H]1F. The van der Waals surface area contributed by atoms with Gasteiger partial charge in [-0.05, 0) is 12.3 Å². The van der Waals surface area contributed by atoms with E-state index in [1.807, 2.05) is 13.8 Å². The van der Waals surface area contributed by atoms with Crippen LogP contribution < -0.4 is 0 Å². The van der Waals surface area contributed by atoms with Crippen molar-refractivity contribution in [1.29, 1.82) is 0 Å². The Hall–Kier alpha value is -0.600. The Kier molecular flexibility index (Phi) is 2.64. The number of rotatable bonds is 3. The summed E-state index contributed by atoms with van der Waals surface area (Å²) in [5.74, 6) is -0.245. The number of esters is 1. The topological polar surface area (TPSA) is 26.3 Å². The van der Waals surface area contributed by atoms with Crippen LogP contribution in [0.5, 0.6) is 0 Å². The van der Waals surface area contributed by atoms with Crippen LogP contribution in [0.1, 0.15) is 27.2 Å². The average molecular weight is 188 g/mol. The Labute approximate surface area is 78.5 Å². The Balaban J connectivity index is 2.74. The third-order valence-corrected chi connectivity index (χ3v) is 2.95. The van der Waals surface area contributed by atoms with Gasteiger partial charge in [0.15, 0.2) is 0 Å². The molecule has 76 valence electrons. The number of hydrogen-bond donors (Lipinski definition) is 0. The Morgan fingerprint density at radius 2 is 2.08 bits per heavy atom. The van der Waals surface area contributed by atoms with Gasteiger partial charge in [-0.3, -0.25) is 4.79 Å². The number of halogens is 1. The van der Waals surface area contributed by atoms with Crippen molar-refractivity contribution in [2.24, 2.45) is 17.3 Å². The lowest BCUT2D eigenvalue weighted by molar-refractivity contribution is -0.149. The number of carbonyl (C=O) groups excluding carboxylic acids is 1. The summed E-state index contributed by atoms with van der Waals surface area (Å²) >= 11 is 0. The van der Waals surface area contributed by atoms with E-state index in [0.717, 1.165) is 0 Å². The van der Waals surface area contributed by atoms with Crippen LogP contribution in [0.3, 0.4) is 0 Å². The monoisotopic (exact) mass is 188 g/mol. The molecule has 0 N–H and O–H groups in total. The number of alkyl halides is 1. The molecule has 13 heavy (non-hydrogen) atoms. The molecule has 0 spiro atoms. The summed E-state index contributed by atoms with van der Waals surface area (Å²) in [7, 11) is 1.32. The first-order chi connectivity index (χ1) is 5.96. The fourth-order valence-electron chi connectivity index (χ4n) is 2.12. The first kappa shape index (κ1) is 10.5. The van der Waals surface area contributed by atoms with Gasteiger partial charge >= 0.3 is 5.97 Å². The Bertz CT molecular complexity index is 205. The lowest BCUT2D eigenvalue weighted by Gasteiger charge is -2.15.